The molecule has 0 radical (unpaired) electrons. The number of nitrogens with zero attached hydrogens (tertiary/aromatic N) is 5. The maximum absolute atomic E-state index is 14.9. The molecule has 19 heteroatoms. The Bertz CT molecular complexity index is 3100. The molecule has 7 heterocycles. The molecule has 12 rings (SSSR count). The topological polar surface area (TPSA) is 214 Å². The van der Waals surface area contributed by atoms with Crippen molar-refractivity contribution in [2.45, 2.75) is 132 Å². The lowest BCUT2D eigenvalue weighted by Crippen LogP contribution is -2.56. The minimum atomic E-state index is -4.72. The molecule has 5 fully saturated rings. The fourth-order valence-electron chi connectivity index (χ4n) is 13.4. The summed E-state index contributed by atoms with van der Waals surface area (Å²) >= 11 is 0. The number of amides is 1. The second-order valence-electron chi connectivity index (χ2n) is 22.8. The highest BCUT2D eigenvalue weighted by atomic mass is 32.2. The summed E-state index contributed by atoms with van der Waals surface area (Å²) in [6, 6.07) is 20.7. The average Bonchev–Trinajstić information content (AvgIpc) is 3.72. The molecule has 0 unspecified atom stereocenters. The van der Waals surface area contributed by atoms with Crippen LogP contribution in [0.5, 0.6) is 11.6 Å². The van der Waals surface area contributed by atoms with Gasteiger partial charge in [0.25, 0.3) is 21.6 Å². The number of aliphatic hydroxyl groups is 1. The van der Waals surface area contributed by atoms with Crippen LogP contribution >= 0.6 is 0 Å². The summed E-state index contributed by atoms with van der Waals surface area (Å²) in [6.45, 7) is 11.4. The number of rotatable bonds is 10. The third-order valence-electron chi connectivity index (χ3n) is 17.7. The average molecular weight is 1050 g/mol. The van der Waals surface area contributed by atoms with Gasteiger partial charge in [0.2, 0.25) is 5.88 Å². The number of H-pyrrole nitrogens is 1. The number of aromatic nitrogens is 2. The molecule has 4 N–H and O–H groups in total. The summed E-state index contributed by atoms with van der Waals surface area (Å²) in [5, 5.41) is 27.3. The zero-order valence-electron chi connectivity index (χ0n) is 43.0. The number of carbonyl (C=O) groups is 1. The standard InChI is InChI=1S/C56H68N8O10S/c1-34(2)40-7-4-5-8-41(40)48-32-71-23-6-20-62(48)38-29-56(30-38)17-21-61(22-18-56)37-9-10-42(45(26-37)63-44-14-24-72-33-50(44)74-54-47(63)25-36-13-19-57-52(36)59-54)53(65)60-75(69,70)39-27-46(64(67)68)51-49(28-39)73-31-43(58-51)35-11-15-55(3,66)16-12-35/h4-5,7-10,13,19,25-28,34-35,38,43-44,48,50,58,66H,6,11-12,14-18,20-24,29-33H2,1-3H3,(H,57,59)(H,60,65)/t35?,43-,44+,48+,50+,55?/m1/s1. The van der Waals surface area contributed by atoms with Crippen LogP contribution in [0.4, 0.5) is 28.4 Å². The summed E-state index contributed by atoms with van der Waals surface area (Å²) in [7, 11) is -4.72. The van der Waals surface area contributed by atoms with Crippen LogP contribution in [-0.2, 0) is 19.5 Å². The molecular formula is C56H68N8O10S. The maximum Gasteiger partial charge on any atom is 0.297 e. The normalized spacial score (nSPS) is 27.0. The Kier molecular flexibility index (Phi) is 13.0. The Morgan fingerprint density at radius 1 is 0.933 bits per heavy atom. The quantitative estimate of drug-likeness (QED) is 0.0760. The van der Waals surface area contributed by atoms with Gasteiger partial charge in [-0.3, -0.25) is 19.8 Å². The number of nitrogens with one attached hydrogen (secondary N) is 3. The number of hydrogen-bond acceptors (Lipinski definition) is 15. The fourth-order valence-corrected chi connectivity index (χ4v) is 14.4. The van der Waals surface area contributed by atoms with Crippen LogP contribution in [0.25, 0.3) is 11.0 Å². The summed E-state index contributed by atoms with van der Waals surface area (Å²) in [4.78, 5) is 41.6. The molecule has 2 aliphatic carbocycles. The highest BCUT2D eigenvalue weighted by Gasteiger charge is 2.50. The van der Waals surface area contributed by atoms with Gasteiger partial charge in [0, 0.05) is 68.3 Å². The first-order valence-electron chi connectivity index (χ1n) is 27.0. The van der Waals surface area contributed by atoms with E-state index in [1.54, 1.807) is 6.07 Å². The molecule has 1 amide bonds. The molecule has 5 aliphatic heterocycles. The van der Waals surface area contributed by atoms with Gasteiger partial charge in [-0.1, -0.05) is 38.1 Å². The fraction of sp³-hybridized carbons (Fsp3) is 0.536. The Balaban J connectivity index is 0.831. The number of ether oxygens (including phenoxy) is 4. The zero-order chi connectivity index (χ0) is 51.8. The molecule has 2 aromatic heterocycles. The number of benzene rings is 3. The van der Waals surface area contributed by atoms with Crippen LogP contribution < -0.4 is 29.3 Å². The second-order valence-corrected chi connectivity index (χ2v) is 24.5. The van der Waals surface area contributed by atoms with Crippen molar-refractivity contribution in [1.82, 2.24) is 19.6 Å². The van der Waals surface area contributed by atoms with E-state index < -0.39 is 43.1 Å². The smallest absolute Gasteiger partial charge is 0.297 e. The van der Waals surface area contributed by atoms with Gasteiger partial charge in [-0.2, -0.15) is 4.98 Å². The second kappa shape index (κ2) is 19.5. The van der Waals surface area contributed by atoms with Crippen molar-refractivity contribution in [3.8, 4) is 11.6 Å². The highest BCUT2D eigenvalue weighted by molar-refractivity contribution is 7.90. The van der Waals surface area contributed by atoms with Crippen molar-refractivity contribution >= 4 is 55.4 Å². The van der Waals surface area contributed by atoms with E-state index in [1.807, 2.05) is 37.4 Å². The van der Waals surface area contributed by atoms with Gasteiger partial charge in [0.05, 0.1) is 58.0 Å². The number of piperidine rings is 1. The van der Waals surface area contributed by atoms with Crippen LogP contribution in [-0.4, -0.2) is 122 Å². The summed E-state index contributed by atoms with van der Waals surface area (Å²) in [6.07, 6.45) is 9.87. The predicted molar refractivity (Wildman–Crippen MR) is 284 cm³/mol. The van der Waals surface area contributed by atoms with Gasteiger partial charge in [0.1, 0.15) is 24.0 Å². The third-order valence-corrected chi connectivity index (χ3v) is 19.0. The molecule has 7 aliphatic rings. The molecule has 1 spiro atoms. The monoisotopic (exact) mass is 1040 g/mol. The number of sulfonamides is 1. The van der Waals surface area contributed by atoms with Crippen LogP contribution in [0.3, 0.4) is 0 Å². The molecule has 398 valence electrons. The lowest BCUT2D eigenvalue weighted by atomic mass is 9.59. The number of nitro benzene ring substituents is 1. The van der Waals surface area contributed by atoms with Crippen LogP contribution in [0.2, 0.25) is 0 Å². The van der Waals surface area contributed by atoms with E-state index in [9.17, 15) is 28.4 Å². The molecular weight excluding hydrogens is 977 g/mol. The third kappa shape index (κ3) is 9.46. The zero-order valence-corrected chi connectivity index (χ0v) is 43.8. The van der Waals surface area contributed by atoms with Crippen molar-refractivity contribution < 1.29 is 42.2 Å². The summed E-state index contributed by atoms with van der Waals surface area (Å²) in [5.41, 5.74) is 4.61. The molecule has 3 aromatic carbocycles. The van der Waals surface area contributed by atoms with E-state index in [0.29, 0.717) is 86.8 Å². The first-order valence-corrected chi connectivity index (χ1v) is 28.5. The lowest BCUT2D eigenvalue weighted by Gasteiger charge is -2.56. The van der Waals surface area contributed by atoms with Crippen molar-refractivity contribution in [2.24, 2.45) is 11.3 Å². The van der Waals surface area contributed by atoms with E-state index in [-0.39, 0.29) is 53.1 Å². The first kappa shape index (κ1) is 49.9. The number of fused-ring (bicyclic) bond motifs is 4. The number of pyridine rings is 1. The largest absolute Gasteiger partial charge is 0.489 e. The minimum absolute atomic E-state index is 0.00839. The Labute approximate surface area is 437 Å². The number of aromatic amines is 1. The predicted octanol–water partition coefficient (Wildman–Crippen LogP) is 8.73. The number of carbonyl (C=O) groups excluding carboxylic acids is 1. The van der Waals surface area contributed by atoms with Crippen molar-refractivity contribution in [3.05, 3.63) is 99.7 Å². The van der Waals surface area contributed by atoms with Gasteiger partial charge < -0.3 is 44.2 Å². The number of nitro groups is 1. The molecule has 0 bridgehead atoms. The Morgan fingerprint density at radius 3 is 2.51 bits per heavy atom. The number of hydrogen-bond donors (Lipinski definition) is 4. The summed E-state index contributed by atoms with van der Waals surface area (Å²) in [5.74, 6) is -0.0124. The van der Waals surface area contributed by atoms with Crippen LogP contribution in [0.15, 0.2) is 77.8 Å². The van der Waals surface area contributed by atoms with Crippen molar-refractivity contribution in [1.29, 1.82) is 0 Å². The maximum atomic E-state index is 14.9. The molecule has 2 saturated carbocycles. The molecule has 75 heavy (non-hydrogen) atoms. The first-order chi connectivity index (χ1) is 36.1. The molecule has 5 aromatic rings. The van der Waals surface area contributed by atoms with Crippen molar-refractivity contribution in [3.63, 3.8) is 0 Å². The molecule has 4 atom stereocenters. The van der Waals surface area contributed by atoms with E-state index in [4.69, 9.17) is 23.9 Å². The molecule has 3 saturated heterocycles. The SMILES string of the molecule is CC(C)c1ccccc1[C@@H]1COCCCN1C1CC2(CCN(c3ccc(C(=O)NS(=O)(=O)c4cc5c(c([N+](=O)[O-])c4)N[C@@H](C4CCC(C)(O)CC4)CO5)c(N4c5cc6cc[nH]c6nc5O[C@H]5COCC[C@@H]54)c3)CC2)C1. The Hall–Kier alpha value is -5.99. The summed E-state index contributed by atoms with van der Waals surface area (Å²) < 4.78 is 55.9. The Morgan fingerprint density at radius 2 is 1.72 bits per heavy atom. The van der Waals surface area contributed by atoms with E-state index in [1.165, 1.54) is 17.2 Å². The van der Waals surface area contributed by atoms with Crippen LogP contribution in [0, 0.1) is 21.4 Å². The molecule has 18 nitrogen and oxygen atoms in total. The van der Waals surface area contributed by atoms with Crippen LogP contribution in [0.1, 0.15) is 118 Å². The van der Waals surface area contributed by atoms with Gasteiger partial charge in [-0.05, 0) is 130 Å². The highest BCUT2D eigenvalue weighted by Crippen LogP contribution is 2.54. The van der Waals surface area contributed by atoms with E-state index in [0.717, 1.165) is 75.5 Å². The van der Waals surface area contributed by atoms with Gasteiger partial charge in [0.15, 0.2) is 11.4 Å². The van der Waals surface area contributed by atoms with Gasteiger partial charge >= 0.3 is 0 Å². The van der Waals surface area contributed by atoms with Gasteiger partial charge in [-0.25, -0.2) is 13.1 Å². The van der Waals surface area contributed by atoms with Crippen molar-refractivity contribution in [2.75, 3.05) is 67.8 Å². The van der Waals surface area contributed by atoms with E-state index in [2.05, 4.69) is 67.8 Å². The number of anilines is 4. The minimum Gasteiger partial charge on any atom is -0.489 e. The van der Waals surface area contributed by atoms with Gasteiger partial charge in [-0.15, -0.1) is 0 Å². The van der Waals surface area contributed by atoms with E-state index >= 15 is 0 Å². The lowest BCUT2D eigenvalue weighted by molar-refractivity contribution is -0.384.